The van der Waals surface area contributed by atoms with Crippen LogP contribution in [0.3, 0.4) is 0 Å². The van der Waals surface area contributed by atoms with Gasteiger partial charge in [0.1, 0.15) is 0 Å². The molecule has 0 spiro atoms. The predicted octanol–water partition coefficient (Wildman–Crippen LogP) is 1.18. The van der Waals surface area contributed by atoms with Crippen LogP contribution in [-0.2, 0) is 0 Å². The molecule has 1 aliphatic heterocycles. The third kappa shape index (κ3) is 2.56. The van der Waals surface area contributed by atoms with Gasteiger partial charge in [0.2, 0.25) is 0 Å². The van der Waals surface area contributed by atoms with E-state index in [2.05, 4.69) is 4.90 Å². The normalized spacial score (nSPS) is 16.8. The lowest BCUT2D eigenvalue weighted by atomic mass is 9.97. The molecular formula is C13H18N2O3. The molecule has 1 aliphatic rings. The molecule has 0 bridgehead atoms. The van der Waals surface area contributed by atoms with Crippen molar-refractivity contribution in [3.63, 3.8) is 0 Å². The third-order valence-electron chi connectivity index (χ3n) is 3.51. The van der Waals surface area contributed by atoms with Gasteiger partial charge in [0, 0.05) is 31.1 Å². The number of aromatic carboxylic acids is 1. The molecular weight excluding hydrogens is 232 g/mol. The summed E-state index contributed by atoms with van der Waals surface area (Å²) in [5, 5.41) is 18.1. The van der Waals surface area contributed by atoms with Gasteiger partial charge in [-0.3, -0.25) is 0 Å². The number of nitrogens with zero attached hydrogens (tertiary/aromatic N) is 1. The molecule has 1 aromatic carbocycles. The average Bonchev–Trinajstić information content (AvgIpc) is 2.39. The van der Waals surface area contributed by atoms with E-state index in [0.29, 0.717) is 5.92 Å². The molecule has 0 saturated carbocycles. The van der Waals surface area contributed by atoms with Gasteiger partial charge in [-0.2, -0.15) is 0 Å². The molecule has 5 nitrogen and oxygen atoms in total. The highest BCUT2D eigenvalue weighted by molar-refractivity contribution is 5.94. The van der Waals surface area contributed by atoms with Gasteiger partial charge in [0.05, 0.1) is 5.56 Å². The first kappa shape index (κ1) is 12.7. The molecule has 0 unspecified atom stereocenters. The molecule has 1 saturated heterocycles. The number of benzene rings is 1. The van der Waals surface area contributed by atoms with Crippen molar-refractivity contribution in [3.8, 4) is 0 Å². The van der Waals surface area contributed by atoms with Crippen molar-refractivity contribution in [3.05, 3.63) is 23.8 Å². The molecule has 0 radical (unpaired) electrons. The van der Waals surface area contributed by atoms with E-state index in [-0.39, 0.29) is 17.9 Å². The SMILES string of the molecule is Nc1ccc(N2CCC(CO)CC2)cc1C(=O)O. The Labute approximate surface area is 106 Å². The summed E-state index contributed by atoms with van der Waals surface area (Å²) in [6.45, 7) is 1.92. The first-order chi connectivity index (χ1) is 8.61. The van der Waals surface area contributed by atoms with Gasteiger partial charge in [0.15, 0.2) is 0 Å². The Morgan fingerprint density at radius 1 is 1.39 bits per heavy atom. The quantitative estimate of drug-likeness (QED) is 0.701. The van der Waals surface area contributed by atoms with Crippen molar-refractivity contribution < 1.29 is 15.0 Å². The topological polar surface area (TPSA) is 86.8 Å². The lowest BCUT2D eigenvalue weighted by Gasteiger charge is -2.33. The number of hydrogen-bond donors (Lipinski definition) is 3. The Kier molecular flexibility index (Phi) is 3.72. The zero-order valence-corrected chi connectivity index (χ0v) is 10.2. The van der Waals surface area contributed by atoms with Crippen LogP contribution in [-0.4, -0.2) is 35.9 Å². The summed E-state index contributed by atoms with van der Waals surface area (Å²) >= 11 is 0. The van der Waals surface area contributed by atoms with E-state index in [1.807, 2.05) is 6.07 Å². The Morgan fingerprint density at radius 2 is 2.06 bits per heavy atom. The smallest absolute Gasteiger partial charge is 0.337 e. The first-order valence-electron chi connectivity index (χ1n) is 6.10. The van der Waals surface area contributed by atoms with Crippen molar-refractivity contribution in [2.45, 2.75) is 12.8 Å². The fourth-order valence-electron chi connectivity index (χ4n) is 2.30. The van der Waals surface area contributed by atoms with E-state index in [1.54, 1.807) is 12.1 Å². The van der Waals surface area contributed by atoms with Crippen LogP contribution in [0.1, 0.15) is 23.2 Å². The van der Waals surface area contributed by atoms with Crippen LogP contribution >= 0.6 is 0 Å². The summed E-state index contributed by atoms with van der Waals surface area (Å²) in [5.74, 6) is -0.631. The van der Waals surface area contributed by atoms with Gasteiger partial charge in [-0.15, -0.1) is 0 Å². The summed E-state index contributed by atoms with van der Waals surface area (Å²) in [5.41, 5.74) is 6.96. The Balaban J connectivity index is 2.15. The van der Waals surface area contributed by atoms with Crippen LogP contribution in [0.15, 0.2) is 18.2 Å². The maximum absolute atomic E-state index is 11.0. The van der Waals surface area contributed by atoms with E-state index in [0.717, 1.165) is 31.6 Å². The monoisotopic (exact) mass is 250 g/mol. The maximum Gasteiger partial charge on any atom is 0.337 e. The summed E-state index contributed by atoms with van der Waals surface area (Å²) in [6.07, 6.45) is 1.87. The zero-order chi connectivity index (χ0) is 13.1. The van der Waals surface area contributed by atoms with E-state index in [1.165, 1.54) is 0 Å². The Bertz CT molecular complexity index is 440. The molecule has 0 aliphatic carbocycles. The number of nitrogen functional groups attached to an aromatic ring is 1. The number of aliphatic hydroxyl groups excluding tert-OH is 1. The van der Waals surface area contributed by atoms with E-state index < -0.39 is 5.97 Å². The highest BCUT2D eigenvalue weighted by atomic mass is 16.4. The number of carbonyl (C=O) groups is 1. The molecule has 1 fully saturated rings. The third-order valence-corrected chi connectivity index (χ3v) is 3.51. The largest absolute Gasteiger partial charge is 0.478 e. The van der Waals surface area contributed by atoms with E-state index >= 15 is 0 Å². The number of aliphatic hydroxyl groups is 1. The van der Waals surface area contributed by atoms with Crippen LogP contribution in [0.25, 0.3) is 0 Å². The second-order valence-corrected chi connectivity index (χ2v) is 4.69. The van der Waals surface area contributed by atoms with Crippen LogP contribution in [0.5, 0.6) is 0 Å². The average molecular weight is 250 g/mol. The minimum Gasteiger partial charge on any atom is -0.478 e. The molecule has 18 heavy (non-hydrogen) atoms. The minimum atomic E-state index is -1.00. The molecule has 98 valence electrons. The highest BCUT2D eigenvalue weighted by Gasteiger charge is 2.20. The first-order valence-corrected chi connectivity index (χ1v) is 6.10. The van der Waals surface area contributed by atoms with Crippen LogP contribution in [0.2, 0.25) is 0 Å². The standard InChI is InChI=1S/C13H18N2O3/c14-12-2-1-10(7-11(12)13(17)18)15-5-3-9(8-16)4-6-15/h1-2,7,9,16H,3-6,8,14H2,(H,17,18). The van der Waals surface area contributed by atoms with Gasteiger partial charge < -0.3 is 20.8 Å². The Morgan fingerprint density at radius 3 is 2.61 bits per heavy atom. The Hall–Kier alpha value is -1.75. The van der Waals surface area contributed by atoms with Crippen molar-refractivity contribution in [2.24, 2.45) is 5.92 Å². The molecule has 0 amide bonds. The van der Waals surface area contributed by atoms with Crippen molar-refractivity contribution in [1.82, 2.24) is 0 Å². The second kappa shape index (κ2) is 5.27. The van der Waals surface area contributed by atoms with Crippen molar-refractivity contribution in [1.29, 1.82) is 0 Å². The van der Waals surface area contributed by atoms with Crippen molar-refractivity contribution in [2.75, 3.05) is 30.3 Å². The van der Waals surface area contributed by atoms with Gasteiger partial charge >= 0.3 is 5.97 Å². The number of carboxylic acid groups (broad SMARTS) is 1. The molecule has 5 heteroatoms. The lowest BCUT2D eigenvalue weighted by molar-refractivity contribution is 0.0698. The number of carboxylic acids is 1. The molecule has 0 aromatic heterocycles. The number of piperidine rings is 1. The number of nitrogens with two attached hydrogens (primary N) is 1. The lowest BCUT2D eigenvalue weighted by Crippen LogP contribution is -2.34. The summed E-state index contributed by atoms with van der Waals surface area (Å²) in [6, 6.07) is 5.11. The van der Waals surface area contributed by atoms with E-state index in [4.69, 9.17) is 15.9 Å². The maximum atomic E-state index is 11.0. The van der Waals surface area contributed by atoms with Crippen molar-refractivity contribution >= 4 is 17.3 Å². The number of anilines is 2. The zero-order valence-electron chi connectivity index (χ0n) is 10.2. The van der Waals surface area contributed by atoms with Crippen LogP contribution < -0.4 is 10.6 Å². The fraction of sp³-hybridized carbons (Fsp3) is 0.462. The second-order valence-electron chi connectivity index (χ2n) is 4.69. The molecule has 0 atom stereocenters. The number of hydrogen-bond acceptors (Lipinski definition) is 4. The van der Waals surface area contributed by atoms with E-state index in [9.17, 15) is 4.79 Å². The number of rotatable bonds is 3. The summed E-state index contributed by atoms with van der Waals surface area (Å²) < 4.78 is 0. The molecule has 1 heterocycles. The summed E-state index contributed by atoms with van der Waals surface area (Å²) in [7, 11) is 0. The fourth-order valence-corrected chi connectivity index (χ4v) is 2.30. The molecule has 4 N–H and O–H groups in total. The summed E-state index contributed by atoms with van der Waals surface area (Å²) in [4.78, 5) is 13.2. The van der Waals surface area contributed by atoms with Gasteiger partial charge in [-0.25, -0.2) is 4.79 Å². The van der Waals surface area contributed by atoms with Gasteiger partial charge in [-0.1, -0.05) is 0 Å². The molecule has 1 aromatic rings. The molecule has 2 rings (SSSR count). The predicted molar refractivity (Wildman–Crippen MR) is 69.8 cm³/mol. The highest BCUT2D eigenvalue weighted by Crippen LogP contribution is 2.26. The van der Waals surface area contributed by atoms with Crippen LogP contribution in [0.4, 0.5) is 11.4 Å². The minimum absolute atomic E-state index is 0.150. The van der Waals surface area contributed by atoms with Crippen LogP contribution in [0, 0.1) is 5.92 Å². The van der Waals surface area contributed by atoms with Gasteiger partial charge in [-0.05, 0) is 37.0 Å². The van der Waals surface area contributed by atoms with Gasteiger partial charge in [0.25, 0.3) is 0 Å².